The molecule has 0 bridgehead atoms. The smallest absolute Gasteiger partial charge is 0.225 e. The number of nitrogens with one attached hydrogen (secondary N) is 3. The molecule has 8 nitrogen and oxygen atoms in total. The van der Waals surface area contributed by atoms with E-state index in [1.807, 2.05) is 24.3 Å². The van der Waals surface area contributed by atoms with Crippen LogP contribution in [0.3, 0.4) is 0 Å². The summed E-state index contributed by atoms with van der Waals surface area (Å²) in [6.45, 7) is 5.86. The average molecular weight is 478 g/mol. The van der Waals surface area contributed by atoms with Crippen LogP contribution < -0.4 is 16.0 Å². The molecule has 2 amide bonds. The van der Waals surface area contributed by atoms with Gasteiger partial charge in [-0.15, -0.1) is 0 Å². The number of nitrogens with zero attached hydrogens (tertiary/aromatic N) is 2. The van der Waals surface area contributed by atoms with Crippen LogP contribution in [0.25, 0.3) is 0 Å². The van der Waals surface area contributed by atoms with Crippen molar-refractivity contribution in [2.45, 2.75) is 44.6 Å². The number of amides is 2. The summed E-state index contributed by atoms with van der Waals surface area (Å²) in [5.74, 6) is -0.291. The van der Waals surface area contributed by atoms with E-state index in [0.29, 0.717) is 35.5 Å². The van der Waals surface area contributed by atoms with E-state index in [1.54, 1.807) is 12.1 Å². The fraction of sp³-hybridized carbons (Fsp3) is 0.519. The van der Waals surface area contributed by atoms with E-state index in [-0.39, 0.29) is 29.6 Å². The topological polar surface area (TPSA) is 93.8 Å². The number of Topliss-reactive ketones (excluding diaryl/α,β-unsaturated/α-hetero) is 1. The molecular formula is C27H35N5O3. The molecule has 186 valence electrons. The predicted octanol–water partition coefficient (Wildman–Crippen LogP) is 2.76. The largest absolute Gasteiger partial charge is 0.377 e. The van der Waals surface area contributed by atoms with E-state index in [4.69, 9.17) is 0 Å². The van der Waals surface area contributed by atoms with E-state index in [9.17, 15) is 14.4 Å². The molecule has 35 heavy (non-hydrogen) atoms. The minimum absolute atomic E-state index is 0.00675. The standard InChI is InChI=1S/C27H35N5O3/c33-25(9-15-31-11-1-2-12-31)28-19-5-7-21-23(17-19)30-24-18-20(6-8-22(24)27(21)35)29-26(34)10-16-32-13-3-4-14-32/h5-8,17-18,21,23,30H,1-4,9-16H2,(H,28,33)(H,29,34). The monoisotopic (exact) mass is 477 g/mol. The molecule has 2 fully saturated rings. The minimum atomic E-state index is -0.311. The second kappa shape index (κ2) is 10.7. The lowest BCUT2D eigenvalue weighted by atomic mass is 9.83. The number of likely N-dealkylation sites (tertiary alicyclic amines) is 2. The summed E-state index contributed by atoms with van der Waals surface area (Å²) in [7, 11) is 0. The van der Waals surface area contributed by atoms with Crippen LogP contribution in [0, 0.1) is 5.92 Å². The number of carbonyl (C=O) groups is 3. The predicted molar refractivity (Wildman–Crippen MR) is 136 cm³/mol. The van der Waals surface area contributed by atoms with Crippen molar-refractivity contribution in [3.63, 3.8) is 0 Å². The average Bonchev–Trinajstić information content (AvgIpc) is 3.56. The van der Waals surface area contributed by atoms with Gasteiger partial charge in [0.05, 0.1) is 12.0 Å². The number of hydrogen-bond acceptors (Lipinski definition) is 6. The van der Waals surface area contributed by atoms with Gasteiger partial charge < -0.3 is 25.8 Å². The molecule has 2 unspecified atom stereocenters. The summed E-state index contributed by atoms with van der Waals surface area (Å²) < 4.78 is 0. The van der Waals surface area contributed by atoms with Crippen molar-refractivity contribution >= 4 is 29.0 Å². The van der Waals surface area contributed by atoms with Crippen LogP contribution in [0.1, 0.15) is 48.9 Å². The van der Waals surface area contributed by atoms with Gasteiger partial charge in [-0.05, 0) is 82.2 Å². The van der Waals surface area contributed by atoms with Crippen LogP contribution in [0.2, 0.25) is 0 Å². The SMILES string of the molecule is O=C(CCN1CCCC1)NC1=CC2Nc3cc(NC(=O)CCN4CCCC4)ccc3C(=O)C2C=C1. The minimum Gasteiger partial charge on any atom is -0.377 e. The number of anilines is 2. The van der Waals surface area contributed by atoms with E-state index in [0.717, 1.165) is 39.3 Å². The Kier molecular flexibility index (Phi) is 7.29. The molecule has 1 aromatic carbocycles. The summed E-state index contributed by atoms with van der Waals surface area (Å²) in [5, 5.41) is 9.39. The Balaban J connectivity index is 1.18. The highest BCUT2D eigenvalue weighted by atomic mass is 16.2. The van der Waals surface area contributed by atoms with E-state index < -0.39 is 0 Å². The molecule has 0 spiro atoms. The number of allylic oxidation sites excluding steroid dienone is 1. The number of fused-ring (bicyclic) bond motifs is 2. The summed E-state index contributed by atoms with van der Waals surface area (Å²) in [6.07, 6.45) is 11.4. The third-order valence-electron chi connectivity index (χ3n) is 7.41. The van der Waals surface area contributed by atoms with Gasteiger partial charge in [0.1, 0.15) is 0 Å². The number of hydrogen-bond donors (Lipinski definition) is 3. The Morgan fingerprint density at radius 3 is 2.20 bits per heavy atom. The highest BCUT2D eigenvalue weighted by Gasteiger charge is 2.34. The summed E-state index contributed by atoms with van der Waals surface area (Å²) in [5.41, 5.74) is 2.73. The second-order valence-electron chi connectivity index (χ2n) is 10.00. The van der Waals surface area contributed by atoms with Crippen LogP contribution in [0.4, 0.5) is 11.4 Å². The molecule has 1 aliphatic carbocycles. The fourth-order valence-electron chi connectivity index (χ4n) is 5.44. The number of ketones is 1. The Hall–Kier alpha value is -2.97. The maximum Gasteiger partial charge on any atom is 0.225 e. The number of carbonyl (C=O) groups excluding carboxylic acids is 3. The van der Waals surface area contributed by atoms with Crippen molar-refractivity contribution in [2.75, 3.05) is 49.9 Å². The maximum absolute atomic E-state index is 13.1. The van der Waals surface area contributed by atoms with Crippen LogP contribution in [-0.4, -0.2) is 72.7 Å². The van der Waals surface area contributed by atoms with Gasteiger partial charge in [-0.2, -0.15) is 0 Å². The first kappa shape index (κ1) is 23.8. The summed E-state index contributed by atoms with van der Waals surface area (Å²) >= 11 is 0. The van der Waals surface area contributed by atoms with E-state index in [1.165, 1.54) is 25.7 Å². The van der Waals surface area contributed by atoms with Crippen LogP contribution in [-0.2, 0) is 9.59 Å². The van der Waals surface area contributed by atoms with Crippen LogP contribution >= 0.6 is 0 Å². The molecule has 0 radical (unpaired) electrons. The fourth-order valence-corrected chi connectivity index (χ4v) is 5.44. The molecule has 0 aromatic heterocycles. The molecule has 3 aliphatic heterocycles. The molecule has 2 atom stereocenters. The zero-order chi connectivity index (χ0) is 24.2. The molecular weight excluding hydrogens is 442 g/mol. The Morgan fingerprint density at radius 1 is 0.914 bits per heavy atom. The first-order chi connectivity index (χ1) is 17.0. The van der Waals surface area contributed by atoms with Crippen molar-refractivity contribution in [1.82, 2.24) is 15.1 Å². The van der Waals surface area contributed by atoms with Crippen molar-refractivity contribution in [2.24, 2.45) is 5.92 Å². The molecule has 8 heteroatoms. The number of rotatable bonds is 8. The third-order valence-corrected chi connectivity index (χ3v) is 7.41. The van der Waals surface area contributed by atoms with Crippen LogP contribution in [0.15, 0.2) is 42.1 Å². The summed E-state index contributed by atoms with van der Waals surface area (Å²) in [4.78, 5) is 42.6. The Bertz CT molecular complexity index is 1040. The zero-order valence-electron chi connectivity index (χ0n) is 20.2. The van der Waals surface area contributed by atoms with Gasteiger partial charge in [0.2, 0.25) is 11.8 Å². The quantitative estimate of drug-likeness (QED) is 0.533. The summed E-state index contributed by atoms with van der Waals surface area (Å²) in [6, 6.07) is 5.16. The van der Waals surface area contributed by atoms with E-state index >= 15 is 0 Å². The van der Waals surface area contributed by atoms with Crippen molar-refractivity contribution in [3.8, 4) is 0 Å². The molecule has 1 aromatic rings. The van der Waals surface area contributed by atoms with Gasteiger partial charge in [0.25, 0.3) is 0 Å². The Labute approximate surface area is 206 Å². The molecule has 0 saturated carbocycles. The molecule has 3 N–H and O–H groups in total. The van der Waals surface area contributed by atoms with E-state index in [2.05, 4.69) is 25.8 Å². The first-order valence-electron chi connectivity index (χ1n) is 12.9. The lowest BCUT2D eigenvalue weighted by Crippen LogP contribution is -2.40. The van der Waals surface area contributed by atoms with Crippen molar-refractivity contribution in [1.29, 1.82) is 0 Å². The highest BCUT2D eigenvalue weighted by molar-refractivity contribution is 6.07. The second-order valence-corrected chi connectivity index (χ2v) is 10.00. The first-order valence-corrected chi connectivity index (χ1v) is 12.9. The van der Waals surface area contributed by atoms with Gasteiger partial charge in [-0.25, -0.2) is 0 Å². The lowest BCUT2D eigenvalue weighted by molar-refractivity contribution is -0.120. The van der Waals surface area contributed by atoms with Gasteiger partial charge >= 0.3 is 0 Å². The van der Waals surface area contributed by atoms with Gasteiger partial charge in [0.15, 0.2) is 5.78 Å². The lowest BCUT2D eigenvalue weighted by Gasteiger charge is -2.33. The highest BCUT2D eigenvalue weighted by Crippen LogP contribution is 2.34. The van der Waals surface area contributed by atoms with Gasteiger partial charge in [-0.3, -0.25) is 14.4 Å². The number of benzene rings is 1. The third kappa shape index (κ3) is 5.82. The molecule has 4 aliphatic rings. The van der Waals surface area contributed by atoms with Gasteiger partial charge in [0, 0.05) is 48.6 Å². The molecule has 5 rings (SSSR count). The van der Waals surface area contributed by atoms with Crippen molar-refractivity contribution in [3.05, 3.63) is 47.7 Å². The Morgan fingerprint density at radius 2 is 1.54 bits per heavy atom. The van der Waals surface area contributed by atoms with Crippen LogP contribution in [0.5, 0.6) is 0 Å². The maximum atomic E-state index is 13.1. The van der Waals surface area contributed by atoms with Crippen molar-refractivity contribution < 1.29 is 14.4 Å². The normalized spacial score (nSPS) is 23.9. The zero-order valence-corrected chi connectivity index (χ0v) is 20.2. The van der Waals surface area contributed by atoms with Gasteiger partial charge in [-0.1, -0.05) is 6.08 Å². The molecule has 3 heterocycles. The molecule has 2 saturated heterocycles.